The molecule has 2 aromatic rings. The van der Waals surface area contributed by atoms with E-state index >= 15 is 0 Å². The maximum Gasteiger partial charge on any atom is 0.341 e. The van der Waals surface area contributed by atoms with Crippen LogP contribution in [0, 0.1) is 17.5 Å². The molecule has 0 aromatic heterocycles. The summed E-state index contributed by atoms with van der Waals surface area (Å²) in [7, 11) is 1.15. The number of allylic oxidation sites excluding steroid dienone is 1. The summed E-state index contributed by atoms with van der Waals surface area (Å²) in [5.41, 5.74) is -0.190. The minimum absolute atomic E-state index is 0.0314. The molecule has 0 aliphatic carbocycles. The van der Waals surface area contributed by atoms with Gasteiger partial charge in [-0.15, -0.1) is 0 Å². The number of nitrogens with one attached hydrogen (secondary N) is 1. The minimum Gasteiger partial charge on any atom is -0.466 e. The number of ether oxygens (including phenoxy) is 1. The number of hydrogen-bond acceptors (Lipinski definition) is 6. The number of methoxy groups -OCH3 is 1. The Morgan fingerprint density at radius 3 is 2.42 bits per heavy atom. The van der Waals surface area contributed by atoms with Crippen molar-refractivity contribution in [3.05, 3.63) is 82.3 Å². The van der Waals surface area contributed by atoms with E-state index in [4.69, 9.17) is 4.74 Å². The fraction of sp³-hybridized carbons (Fsp3) is 0.393. The van der Waals surface area contributed by atoms with Crippen LogP contribution < -0.4 is 5.32 Å². The molecule has 0 bridgehead atoms. The fourth-order valence-electron chi connectivity index (χ4n) is 5.22. The lowest BCUT2D eigenvalue weighted by atomic mass is 9.84. The van der Waals surface area contributed by atoms with Gasteiger partial charge in [-0.2, -0.15) is 0 Å². The van der Waals surface area contributed by atoms with Crippen molar-refractivity contribution in [1.29, 1.82) is 0 Å². The van der Waals surface area contributed by atoms with Crippen LogP contribution in [0.5, 0.6) is 0 Å². The highest BCUT2D eigenvalue weighted by Crippen LogP contribution is 2.36. The largest absolute Gasteiger partial charge is 0.466 e. The van der Waals surface area contributed by atoms with Crippen LogP contribution in [0.4, 0.5) is 18.0 Å². The summed E-state index contributed by atoms with van der Waals surface area (Å²) in [5, 5.41) is 15.7. The number of likely N-dealkylation sites (tertiary alicyclic amines) is 1. The molecular formula is C28H31F3N4O5. The third-order valence-electron chi connectivity index (χ3n) is 7.41. The van der Waals surface area contributed by atoms with Crippen molar-refractivity contribution in [2.24, 2.45) is 0 Å². The van der Waals surface area contributed by atoms with E-state index in [9.17, 15) is 32.7 Å². The van der Waals surface area contributed by atoms with E-state index in [2.05, 4.69) is 10.2 Å². The number of nitrogens with zero attached hydrogens (tertiary/aromatic N) is 3. The van der Waals surface area contributed by atoms with Crippen LogP contribution in [-0.4, -0.2) is 71.7 Å². The van der Waals surface area contributed by atoms with Crippen LogP contribution in [-0.2, 0) is 19.9 Å². The van der Waals surface area contributed by atoms with Crippen molar-refractivity contribution in [2.75, 3.05) is 33.3 Å². The van der Waals surface area contributed by atoms with E-state index in [0.717, 1.165) is 29.3 Å². The number of amides is 3. The topological polar surface area (TPSA) is 102 Å². The number of esters is 1. The number of piperidine rings is 1. The van der Waals surface area contributed by atoms with Crippen molar-refractivity contribution < 1.29 is 37.4 Å². The van der Waals surface area contributed by atoms with Crippen molar-refractivity contribution in [1.82, 2.24) is 20.2 Å². The van der Waals surface area contributed by atoms with Crippen molar-refractivity contribution in [2.45, 2.75) is 37.8 Å². The van der Waals surface area contributed by atoms with E-state index in [1.165, 1.54) is 25.1 Å². The third-order valence-corrected chi connectivity index (χ3v) is 7.41. The first-order valence-electron chi connectivity index (χ1n) is 12.8. The van der Waals surface area contributed by atoms with Crippen molar-refractivity contribution in [3.63, 3.8) is 0 Å². The first kappa shape index (κ1) is 29.1. The zero-order valence-corrected chi connectivity index (χ0v) is 22.2. The summed E-state index contributed by atoms with van der Waals surface area (Å²) in [5.74, 6) is -3.45. The third kappa shape index (κ3) is 5.97. The molecule has 1 saturated heterocycles. The molecule has 1 atom stereocenters. The smallest absolute Gasteiger partial charge is 0.341 e. The molecule has 1 unspecified atom stereocenters. The molecule has 0 saturated carbocycles. The van der Waals surface area contributed by atoms with Crippen molar-refractivity contribution in [3.8, 4) is 0 Å². The molecule has 214 valence electrons. The summed E-state index contributed by atoms with van der Waals surface area (Å²) in [6.45, 7) is 3.20. The molecule has 2 aromatic carbocycles. The summed E-state index contributed by atoms with van der Waals surface area (Å²) in [6, 6.07) is 6.83. The van der Waals surface area contributed by atoms with E-state index in [-0.39, 0.29) is 29.2 Å². The first-order chi connectivity index (χ1) is 19.1. The molecule has 0 spiro atoms. The number of benzene rings is 2. The lowest BCUT2D eigenvalue weighted by Crippen LogP contribution is -2.56. The fourth-order valence-corrected chi connectivity index (χ4v) is 5.22. The number of urea groups is 1. The zero-order chi connectivity index (χ0) is 29.0. The van der Waals surface area contributed by atoms with E-state index in [1.54, 1.807) is 12.1 Å². The standard InChI is InChI=1S/C28H31F3N4O5/c1-18-24(26(37)40-2)25(19-4-9-22(30)23(31)16-19)35(27(38)32-18)34(17-36)13-3-12-33-14-10-28(39,11-15-33)20-5-7-21(29)8-6-20/h4-9,16-17,25,39H,3,10-15H2,1-2H3,(H,32,38). The number of aliphatic hydroxyl groups is 1. The number of hydrogen-bond donors (Lipinski definition) is 2. The highest BCUT2D eigenvalue weighted by atomic mass is 19.2. The Morgan fingerprint density at radius 1 is 1.15 bits per heavy atom. The number of rotatable bonds is 9. The second-order valence-corrected chi connectivity index (χ2v) is 9.88. The molecule has 9 nitrogen and oxygen atoms in total. The van der Waals surface area contributed by atoms with Gasteiger partial charge in [0.15, 0.2) is 11.6 Å². The second kappa shape index (κ2) is 12.1. The number of hydrazine groups is 1. The van der Waals surface area contributed by atoms with E-state index in [1.807, 2.05) is 0 Å². The van der Waals surface area contributed by atoms with Gasteiger partial charge in [-0.3, -0.25) is 9.80 Å². The van der Waals surface area contributed by atoms with Gasteiger partial charge in [0.05, 0.1) is 18.3 Å². The summed E-state index contributed by atoms with van der Waals surface area (Å²) in [6.07, 6.45) is 1.74. The Morgan fingerprint density at radius 2 is 1.82 bits per heavy atom. The van der Waals surface area contributed by atoms with Gasteiger partial charge < -0.3 is 20.1 Å². The molecule has 4 rings (SSSR count). The van der Waals surface area contributed by atoms with Crippen LogP contribution >= 0.6 is 0 Å². The quantitative estimate of drug-likeness (QED) is 0.360. The Labute approximate surface area is 229 Å². The van der Waals surface area contributed by atoms with Crippen LogP contribution in [0.15, 0.2) is 53.7 Å². The van der Waals surface area contributed by atoms with Gasteiger partial charge in [-0.05, 0) is 68.1 Å². The monoisotopic (exact) mass is 560 g/mol. The molecule has 2 aliphatic heterocycles. The SMILES string of the molecule is COC(=O)C1=C(C)NC(=O)N(N(C=O)CCCN2CCC(O)(c3ccc(F)cc3)CC2)C1c1ccc(F)c(F)c1. The zero-order valence-electron chi connectivity index (χ0n) is 22.2. The highest BCUT2D eigenvalue weighted by molar-refractivity contribution is 5.95. The normalized spacial score (nSPS) is 19.3. The lowest BCUT2D eigenvalue weighted by Gasteiger charge is -2.42. The van der Waals surface area contributed by atoms with Gasteiger partial charge in [0, 0.05) is 25.3 Å². The lowest BCUT2D eigenvalue weighted by molar-refractivity contribution is -0.141. The summed E-state index contributed by atoms with van der Waals surface area (Å²) >= 11 is 0. The number of halogens is 3. The van der Waals surface area contributed by atoms with Gasteiger partial charge in [-0.1, -0.05) is 18.2 Å². The van der Waals surface area contributed by atoms with Crippen LogP contribution in [0.2, 0.25) is 0 Å². The van der Waals surface area contributed by atoms with Gasteiger partial charge in [0.2, 0.25) is 6.41 Å². The predicted octanol–water partition coefficient (Wildman–Crippen LogP) is 3.36. The second-order valence-electron chi connectivity index (χ2n) is 9.88. The van der Waals surface area contributed by atoms with Crippen molar-refractivity contribution >= 4 is 18.4 Å². The van der Waals surface area contributed by atoms with Gasteiger partial charge >= 0.3 is 12.0 Å². The molecule has 1 fully saturated rings. The maximum atomic E-state index is 14.2. The summed E-state index contributed by atoms with van der Waals surface area (Å²) in [4.78, 5) is 40.1. The van der Waals surface area contributed by atoms with Gasteiger partial charge in [0.25, 0.3) is 0 Å². The number of carbonyl (C=O) groups excluding carboxylic acids is 3. The molecule has 2 N–H and O–H groups in total. The molecule has 2 heterocycles. The Kier molecular flexibility index (Phi) is 8.79. The first-order valence-corrected chi connectivity index (χ1v) is 12.8. The minimum atomic E-state index is -1.25. The van der Waals surface area contributed by atoms with E-state index < -0.39 is 35.3 Å². The number of carbonyl (C=O) groups is 3. The molecule has 3 amide bonds. The Bertz CT molecular complexity index is 1300. The average Bonchev–Trinajstić information content (AvgIpc) is 2.94. The van der Waals surface area contributed by atoms with Crippen LogP contribution in [0.25, 0.3) is 0 Å². The average molecular weight is 561 g/mol. The Balaban J connectivity index is 1.47. The Hall–Kier alpha value is -3.90. The maximum absolute atomic E-state index is 14.2. The van der Waals surface area contributed by atoms with Crippen LogP contribution in [0.1, 0.15) is 43.4 Å². The van der Waals surface area contributed by atoms with Gasteiger partial charge in [0.1, 0.15) is 11.9 Å². The van der Waals surface area contributed by atoms with Crippen LogP contribution in [0.3, 0.4) is 0 Å². The highest BCUT2D eigenvalue weighted by Gasteiger charge is 2.42. The van der Waals surface area contributed by atoms with Gasteiger partial charge in [-0.25, -0.2) is 27.8 Å². The molecular weight excluding hydrogens is 529 g/mol. The summed E-state index contributed by atoms with van der Waals surface area (Å²) < 4.78 is 46.0. The predicted molar refractivity (Wildman–Crippen MR) is 138 cm³/mol. The molecule has 2 aliphatic rings. The van der Waals surface area contributed by atoms with E-state index in [0.29, 0.717) is 50.9 Å². The molecule has 0 radical (unpaired) electrons. The molecule has 40 heavy (non-hydrogen) atoms. The molecule has 12 heteroatoms.